The number of Topliss-reactive ketones (excluding diaryl/α,β-unsaturated/α-hetero) is 1. The van der Waals surface area contributed by atoms with E-state index in [0.29, 0.717) is 30.1 Å². The SMILES string of the molecule is C[C@H]1CN[C@H]([C@@H](C)[C@H]2[C@H](O)C[C@H]3[C@@H]4CC[C@H]5C(=O)[C@@H](O)CC[C@]5(C)[C@H]4CC[C@]23C)[C@@H](O)C1. The van der Waals surface area contributed by atoms with Crippen molar-refractivity contribution >= 4 is 5.78 Å². The number of hydrogen-bond acceptors (Lipinski definition) is 5. The third-order valence-electron chi connectivity index (χ3n) is 11.5. The topological polar surface area (TPSA) is 89.8 Å². The molecule has 1 aliphatic heterocycles. The Balaban J connectivity index is 1.39. The molecule has 4 N–H and O–H groups in total. The third kappa shape index (κ3) is 3.28. The first-order valence-corrected chi connectivity index (χ1v) is 13.4. The van der Waals surface area contributed by atoms with Crippen LogP contribution in [-0.4, -0.2) is 52.0 Å². The molecular formula is C27H45NO4. The zero-order valence-corrected chi connectivity index (χ0v) is 20.5. The second kappa shape index (κ2) is 8.03. The van der Waals surface area contributed by atoms with Gasteiger partial charge in [-0.05, 0) is 104 Å². The molecular weight excluding hydrogens is 402 g/mol. The summed E-state index contributed by atoms with van der Waals surface area (Å²) in [4.78, 5) is 12.8. The molecule has 32 heavy (non-hydrogen) atoms. The summed E-state index contributed by atoms with van der Waals surface area (Å²) >= 11 is 0. The maximum Gasteiger partial charge on any atom is 0.164 e. The van der Waals surface area contributed by atoms with Crippen LogP contribution in [0.1, 0.15) is 79.1 Å². The summed E-state index contributed by atoms with van der Waals surface area (Å²) in [6.45, 7) is 10.1. The number of rotatable bonds is 2. The van der Waals surface area contributed by atoms with Crippen molar-refractivity contribution in [3.05, 3.63) is 0 Å². The number of nitrogens with one attached hydrogen (secondary N) is 1. The number of ketones is 1. The maximum absolute atomic E-state index is 12.8. The second-order valence-corrected chi connectivity index (χ2v) is 13.0. The van der Waals surface area contributed by atoms with E-state index < -0.39 is 6.10 Å². The van der Waals surface area contributed by atoms with Crippen LogP contribution in [0.4, 0.5) is 0 Å². The molecule has 4 saturated carbocycles. The molecule has 1 saturated heterocycles. The van der Waals surface area contributed by atoms with Gasteiger partial charge in [0.15, 0.2) is 5.78 Å². The van der Waals surface area contributed by atoms with Gasteiger partial charge in [-0.2, -0.15) is 0 Å². The minimum absolute atomic E-state index is 0.00642. The van der Waals surface area contributed by atoms with E-state index in [2.05, 4.69) is 33.0 Å². The fourth-order valence-electron chi connectivity index (χ4n) is 9.98. The molecule has 1 heterocycles. The summed E-state index contributed by atoms with van der Waals surface area (Å²) in [7, 11) is 0. The van der Waals surface area contributed by atoms with Crippen molar-refractivity contribution in [1.29, 1.82) is 0 Å². The normalized spacial score (nSPS) is 56.8. The molecule has 5 fully saturated rings. The molecule has 0 unspecified atom stereocenters. The van der Waals surface area contributed by atoms with E-state index in [1.54, 1.807) is 0 Å². The van der Waals surface area contributed by atoms with Crippen molar-refractivity contribution in [2.75, 3.05) is 6.54 Å². The zero-order valence-electron chi connectivity index (χ0n) is 20.5. The van der Waals surface area contributed by atoms with Gasteiger partial charge < -0.3 is 20.6 Å². The van der Waals surface area contributed by atoms with E-state index in [-0.39, 0.29) is 52.6 Å². The highest BCUT2D eigenvalue weighted by atomic mass is 16.3. The van der Waals surface area contributed by atoms with Crippen LogP contribution in [0.2, 0.25) is 0 Å². The summed E-state index contributed by atoms with van der Waals surface area (Å²) in [5, 5.41) is 36.0. The summed E-state index contributed by atoms with van der Waals surface area (Å²) in [6, 6.07) is 0.0601. The van der Waals surface area contributed by atoms with Gasteiger partial charge in [0.25, 0.3) is 0 Å². The van der Waals surface area contributed by atoms with Crippen molar-refractivity contribution in [3.63, 3.8) is 0 Å². The number of hydrogen-bond donors (Lipinski definition) is 4. The Morgan fingerprint density at radius 1 is 0.938 bits per heavy atom. The van der Waals surface area contributed by atoms with Gasteiger partial charge >= 0.3 is 0 Å². The first-order valence-electron chi connectivity index (χ1n) is 13.4. The Bertz CT molecular complexity index is 743. The smallest absolute Gasteiger partial charge is 0.164 e. The van der Waals surface area contributed by atoms with Crippen LogP contribution < -0.4 is 5.32 Å². The summed E-state index contributed by atoms with van der Waals surface area (Å²) in [6.07, 6.45) is 6.05. The van der Waals surface area contributed by atoms with Crippen LogP contribution in [0.15, 0.2) is 0 Å². The Morgan fingerprint density at radius 3 is 2.38 bits per heavy atom. The summed E-state index contributed by atoms with van der Waals surface area (Å²) in [5.74, 6) is 2.62. The van der Waals surface area contributed by atoms with Crippen molar-refractivity contribution in [2.45, 2.75) is 103 Å². The van der Waals surface area contributed by atoms with E-state index in [1.165, 1.54) is 0 Å². The number of aliphatic hydroxyl groups is 3. The van der Waals surface area contributed by atoms with Crippen LogP contribution in [0.3, 0.4) is 0 Å². The lowest BCUT2D eigenvalue weighted by molar-refractivity contribution is -0.161. The Kier molecular flexibility index (Phi) is 5.84. The molecule has 0 aromatic heterocycles. The van der Waals surface area contributed by atoms with Gasteiger partial charge in [-0.3, -0.25) is 4.79 Å². The third-order valence-corrected chi connectivity index (χ3v) is 11.5. The average Bonchev–Trinajstić information content (AvgIpc) is 3.01. The van der Waals surface area contributed by atoms with Gasteiger partial charge in [0.1, 0.15) is 6.10 Å². The molecule has 5 nitrogen and oxygen atoms in total. The second-order valence-electron chi connectivity index (χ2n) is 13.0. The molecule has 5 aliphatic rings. The van der Waals surface area contributed by atoms with E-state index in [4.69, 9.17) is 0 Å². The Hall–Kier alpha value is -0.490. The van der Waals surface area contributed by atoms with Crippen molar-refractivity contribution in [3.8, 4) is 0 Å². The molecule has 0 aromatic rings. The highest BCUT2D eigenvalue weighted by Crippen LogP contribution is 2.68. The maximum atomic E-state index is 12.8. The number of aliphatic hydroxyl groups excluding tert-OH is 3. The van der Waals surface area contributed by atoms with Gasteiger partial charge in [0.2, 0.25) is 0 Å². The molecule has 13 atom stereocenters. The van der Waals surface area contributed by atoms with E-state index in [0.717, 1.165) is 51.5 Å². The van der Waals surface area contributed by atoms with Crippen LogP contribution >= 0.6 is 0 Å². The number of carbonyl (C=O) groups excluding carboxylic acids is 1. The summed E-state index contributed by atoms with van der Waals surface area (Å²) in [5.41, 5.74) is 0.0956. The first-order chi connectivity index (χ1) is 15.1. The van der Waals surface area contributed by atoms with Gasteiger partial charge in [-0.25, -0.2) is 0 Å². The van der Waals surface area contributed by atoms with Gasteiger partial charge in [-0.15, -0.1) is 0 Å². The quantitative estimate of drug-likeness (QED) is 0.522. The molecule has 0 spiro atoms. The molecule has 5 heteroatoms. The Morgan fingerprint density at radius 2 is 1.66 bits per heavy atom. The largest absolute Gasteiger partial charge is 0.393 e. The number of carbonyl (C=O) groups is 1. The van der Waals surface area contributed by atoms with Gasteiger partial charge in [0, 0.05) is 12.0 Å². The van der Waals surface area contributed by atoms with E-state index in [9.17, 15) is 20.1 Å². The lowest BCUT2D eigenvalue weighted by Gasteiger charge is -2.60. The molecule has 5 rings (SSSR count). The molecule has 4 aliphatic carbocycles. The van der Waals surface area contributed by atoms with Crippen LogP contribution in [0, 0.1) is 52.3 Å². The lowest BCUT2D eigenvalue weighted by atomic mass is 9.44. The minimum atomic E-state index is -0.755. The molecule has 0 radical (unpaired) electrons. The van der Waals surface area contributed by atoms with Gasteiger partial charge in [0.05, 0.1) is 12.2 Å². The predicted octanol–water partition coefficient (Wildman–Crippen LogP) is 3.15. The van der Waals surface area contributed by atoms with Crippen LogP contribution in [-0.2, 0) is 4.79 Å². The average molecular weight is 448 g/mol. The molecule has 0 aromatic carbocycles. The monoisotopic (exact) mass is 447 g/mol. The highest BCUT2D eigenvalue weighted by molar-refractivity contribution is 5.87. The summed E-state index contributed by atoms with van der Waals surface area (Å²) < 4.78 is 0. The van der Waals surface area contributed by atoms with Crippen molar-refractivity contribution in [1.82, 2.24) is 5.32 Å². The van der Waals surface area contributed by atoms with Crippen LogP contribution in [0.25, 0.3) is 0 Å². The van der Waals surface area contributed by atoms with Crippen LogP contribution in [0.5, 0.6) is 0 Å². The van der Waals surface area contributed by atoms with Gasteiger partial charge in [-0.1, -0.05) is 27.7 Å². The zero-order chi connectivity index (χ0) is 23.0. The lowest BCUT2D eigenvalue weighted by Crippen LogP contribution is -2.58. The molecule has 0 amide bonds. The highest BCUT2D eigenvalue weighted by Gasteiger charge is 2.64. The molecule has 182 valence electrons. The minimum Gasteiger partial charge on any atom is -0.393 e. The van der Waals surface area contributed by atoms with E-state index in [1.807, 2.05) is 0 Å². The molecule has 0 bridgehead atoms. The predicted molar refractivity (Wildman–Crippen MR) is 124 cm³/mol. The van der Waals surface area contributed by atoms with E-state index >= 15 is 0 Å². The number of fused-ring (bicyclic) bond motifs is 5. The van der Waals surface area contributed by atoms with Crippen molar-refractivity contribution in [2.24, 2.45) is 52.3 Å². The number of piperidine rings is 1. The van der Waals surface area contributed by atoms with Crippen molar-refractivity contribution < 1.29 is 20.1 Å². The standard InChI is InChI=1S/C27H45NO4/c1-14-11-22(31)24(28-13-14)15(2)23-21(30)12-19-16-5-6-18-25(32)20(29)8-10-26(18,3)17(16)7-9-27(19,23)4/h14-24,28-31H,5-13H2,1-4H3/t14-,15+,16-,17+,18+,19+,20+,21-,22+,23+,24-,26-,27+/m1/s1. The Labute approximate surface area is 193 Å². The fourth-order valence-corrected chi connectivity index (χ4v) is 9.98. The first kappa shape index (κ1) is 23.3. The fraction of sp³-hybridized carbons (Fsp3) is 0.963.